The molecule has 0 spiro atoms. The summed E-state index contributed by atoms with van der Waals surface area (Å²) < 4.78 is 18.9. The number of nitrogens with one attached hydrogen (secondary N) is 2. The lowest BCUT2D eigenvalue weighted by Gasteiger charge is -2.21. The summed E-state index contributed by atoms with van der Waals surface area (Å²) in [6, 6.07) is 11.8. The van der Waals surface area contributed by atoms with Crippen LogP contribution in [0.25, 0.3) is 27.5 Å². The highest BCUT2D eigenvalue weighted by molar-refractivity contribution is 5.96. The second-order valence-corrected chi connectivity index (χ2v) is 9.41. The van der Waals surface area contributed by atoms with E-state index < -0.39 is 22.6 Å². The number of anilines is 2. The van der Waals surface area contributed by atoms with Crippen LogP contribution in [-0.4, -0.2) is 18.7 Å². The van der Waals surface area contributed by atoms with Gasteiger partial charge in [-0.1, -0.05) is 12.1 Å². The normalized spacial score (nSPS) is 13.6. The highest BCUT2D eigenvalue weighted by Gasteiger charge is 2.32. The molecule has 6 rings (SSSR count). The van der Waals surface area contributed by atoms with Gasteiger partial charge in [0.2, 0.25) is 0 Å². The van der Waals surface area contributed by atoms with E-state index in [1.54, 1.807) is 38.2 Å². The number of fused-ring (bicyclic) bond motifs is 2. The maximum absolute atomic E-state index is 14.8. The fourth-order valence-electron chi connectivity index (χ4n) is 4.95. The van der Waals surface area contributed by atoms with Crippen LogP contribution in [0, 0.1) is 19.7 Å². The van der Waals surface area contributed by atoms with Crippen LogP contribution in [0.3, 0.4) is 0 Å². The molecule has 5 aromatic rings. The number of aromatic amines is 1. The van der Waals surface area contributed by atoms with Crippen LogP contribution in [0.2, 0.25) is 0 Å². The van der Waals surface area contributed by atoms with Gasteiger partial charge in [-0.25, -0.2) is 9.18 Å². The first-order valence-electron chi connectivity index (χ1n) is 11.8. The van der Waals surface area contributed by atoms with Crippen molar-refractivity contribution in [1.82, 2.24) is 18.7 Å². The van der Waals surface area contributed by atoms with E-state index in [1.807, 2.05) is 18.2 Å². The zero-order valence-corrected chi connectivity index (χ0v) is 20.1. The molecule has 2 N–H and O–H groups in total. The number of rotatable bonds is 4. The minimum absolute atomic E-state index is 0.128. The van der Waals surface area contributed by atoms with Crippen LogP contribution in [0.5, 0.6) is 0 Å². The molecular weight excluding hydrogens is 461 g/mol. The van der Waals surface area contributed by atoms with E-state index in [9.17, 15) is 18.8 Å². The van der Waals surface area contributed by atoms with Gasteiger partial charge in [0.25, 0.3) is 11.1 Å². The lowest BCUT2D eigenvalue weighted by Crippen LogP contribution is -2.41. The van der Waals surface area contributed by atoms with Crippen molar-refractivity contribution in [2.45, 2.75) is 32.7 Å². The lowest BCUT2D eigenvalue weighted by molar-refractivity contribution is 0.630. The molecule has 0 aliphatic heterocycles. The third-order valence-electron chi connectivity index (χ3n) is 6.95. The zero-order chi connectivity index (χ0) is 25.3. The van der Waals surface area contributed by atoms with Gasteiger partial charge in [-0.2, -0.15) is 0 Å². The highest BCUT2D eigenvalue weighted by atomic mass is 19.1. The Balaban J connectivity index is 1.80. The molecule has 0 atom stereocenters. The Morgan fingerprint density at radius 3 is 2.53 bits per heavy atom. The standard InChI is InChI=1S/C27H24FN5O3/c1-14-7-10-20(18(28)13-14)30-24-22-23(15(2)25(34)31(24)3)33(27(36)32(26(22)35)16-8-9-16)21-6-4-5-19-17(21)11-12-29-19/h4-7,10-13,16,29-30H,8-9H2,1-3H3. The van der Waals surface area contributed by atoms with Crippen molar-refractivity contribution in [1.29, 1.82) is 0 Å². The van der Waals surface area contributed by atoms with E-state index in [0.717, 1.165) is 29.3 Å². The Bertz CT molecular complexity index is 1890. The van der Waals surface area contributed by atoms with Crippen LogP contribution in [0.1, 0.15) is 30.0 Å². The Morgan fingerprint density at radius 2 is 1.81 bits per heavy atom. The summed E-state index contributed by atoms with van der Waals surface area (Å²) in [7, 11) is 1.53. The second-order valence-electron chi connectivity index (χ2n) is 9.41. The van der Waals surface area contributed by atoms with Crippen LogP contribution in [0.15, 0.2) is 63.0 Å². The number of aromatic nitrogens is 4. The lowest BCUT2D eigenvalue weighted by atomic mass is 10.1. The van der Waals surface area contributed by atoms with Crippen molar-refractivity contribution < 1.29 is 4.39 Å². The first-order valence-corrected chi connectivity index (χ1v) is 11.8. The van der Waals surface area contributed by atoms with Gasteiger partial charge in [-0.3, -0.25) is 23.3 Å². The molecular formula is C27H24FN5O3. The summed E-state index contributed by atoms with van der Waals surface area (Å²) in [5.41, 5.74) is 1.33. The molecule has 182 valence electrons. The summed E-state index contributed by atoms with van der Waals surface area (Å²) >= 11 is 0. The monoisotopic (exact) mass is 485 g/mol. The molecule has 36 heavy (non-hydrogen) atoms. The summed E-state index contributed by atoms with van der Waals surface area (Å²) in [5, 5.41) is 3.93. The number of H-pyrrole nitrogens is 1. The number of benzene rings is 2. The van der Waals surface area contributed by atoms with E-state index in [-0.39, 0.29) is 34.0 Å². The predicted molar refractivity (Wildman–Crippen MR) is 138 cm³/mol. The van der Waals surface area contributed by atoms with Gasteiger partial charge in [0.1, 0.15) is 17.0 Å². The van der Waals surface area contributed by atoms with Crippen LogP contribution < -0.4 is 22.1 Å². The fraction of sp³-hybridized carbons (Fsp3) is 0.222. The largest absolute Gasteiger partial charge is 0.361 e. The second kappa shape index (κ2) is 7.81. The molecule has 1 aliphatic rings. The number of nitrogens with zero attached hydrogens (tertiary/aromatic N) is 3. The quantitative estimate of drug-likeness (QED) is 0.400. The molecule has 1 fully saturated rings. The SMILES string of the molecule is Cc1ccc(Nc2c3c(=O)n(C4CC4)c(=O)n(-c4cccc5[nH]ccc45)c3c(C)c(=O)n2C)c(F)c1. The van der Waals surface area contributed by atoms with Crippen LogP contribution >= 0.6 is 0 Å². The van der Waals surface area contributed by atoms with Gasteiger partial charge >= 0.3 is 5.69 Å². The Kier molecular flexibility index (Phi) is 4.79. The molecule has 2 aromatic carbocycles. The van der Waals surface area contributed by atoms with Crippen molar-refractivity contribution >= 4 is 33.3 Å². The highest BCUT2D eigenvalue weighted by Crippen LogP contribution is 2.34. The summed E-state index contributed by atoms with van der Waals surface area (Å²) in [6.45, 7) is 3.38. The molecule has 0 bridgehead atoms. The topological polar surface area (TPSA) is 93.8 Å². The molecule has 3 heterocycles. The minimum Gasteiger partial charge on any atom is -0.361 e. The first kappa shape index (κ1) is 22.1. The van der Waals surface area contributed by atoms with Crippen molar-refractivity contribution in [3.8, 4) is 5.69 Å². The Morgan fingerprint density at radius 1 is 1.03 bits per heavy atom. The van der Waals surface area contributed by atoms with E-state index in [2.05, 4.69) is 10.3 Å². The number of halogens is 1. The summed E-state index contributed by atoms with van der Waals surface area (Å²) in [5.74, 6) is -0.373. The Hall–Kier alpha value is -4.40. The van der Waals surface area contributed by atoms with E-state index in [1.165, 1.54) is 26.8 Å². The number of hydrogen-bond donors (Lipinski definition) is 2. The maximum atomic E-state index is 14.8. The molecule has 0 saturated heterocycles. The van der Waals surface area contributed by atoms with E-state index in [0.29, 0.717) is 5.69 Å². The minimum atomic E-state index is -0.510. The zero-order valence-electron chi connectivity index (χ0n) is 20.1. The number of aryl methyl sites for hydroxylation is 2. The molecule has 9 heteroatoms. The molecule has 3 aromatic heterocycles. The third kappa shape index (κ3) is 3.16. The molecule has 8 nitrogen and oxygen atoms in total. The number of hydrogen-bond acceptors (Lipinski definition) is 4. The summed E-state index contributed by atoms with van der Waals surface area (Å²) in [4.78, 5) is 44.3. The van der Waals surface area contributed by atoms with Gasteiger partial charge in [0.05, 0.1) is 16.9 Å². The van der Waals surface area contributed by atoms with Crippen molar-refractivity contribution in [2.75, 3.05) is 5.32 Å². The maximum Gasteiger partial charge on any atom is 0.336 e. The van der Waals surface area contributed by atoms with Gasteiger partial charge in [0, 0.05) is 35.8 Å². The van der Waals surface area contributed by atoms with Gasteiger partial charge in [0.15, 0.2) is 0 Å². The smallest absolute Gasteiger partial charge is 0.336 e. The molecule has 0 amide bonds. The average Bonchev–Trinajstić information content (AvgIpc) is 3.56. The average molecular weight is 486 g/mol. The predicted octanol–water partition coefficient (Wildman–Crippen LogP) is 4.17. The van der Waals surface area contributed by atoms with Crippen molar-refractivity contribution in [3.63, 3.8) is 0 Å². The molecule has 1 aliphatic carbocycles. The third-order valence-corrected chi connectivity index (χ3v) is 6.95. The molecule has 0 radical (unpaired) electrons. The van der Waals surface area contributed by atoms with E-state index >= 15 is 0 Å². The van der Waals surface area contributed by atoms with Crippen LogP contribution in [-0.2, 0) is 7.05 Å². The van der Waals surface area contributed by atoms with Gasteiger partial charge in [-0.05, 0) is 62.6 Å². The molecule has 0 unspecified atom stereocenters. The first-order chi connectivity index (χ1) is 17.3. The fourth-order valence-corrected chi connectivity index (χ4v) is 4.95. The Labute approximate surface area is 204 Å². The summed E-state index contributed by atoms with van der Waals surface area (Å²) in [6.07, 6.45) is 3.21. The van der Waals surface area contributed by atoms with E-state index in [4.69, 9.17) is 0 Å². The number of pyridine rings is 1. The van der Waals surface area contributed by atoms with Crippen molar-refractivity contribution in [2.24, 2.45) is 7.05 Å². The van der Waals surface area contributed by atoms with Gasteiger partial charge < -0.3 is 10.3 Å². The van der Waals surface area contributed by atoms with Gasteiger partial charge in [-0.15, -0.1) is 0 Å². The van der Waals surface area contributed by atoms with Crippen molar-refractivity contribution in [3.05, 3.63) is 96.8 Å². The van der Waals surface area contributed by atoms with Crippen LogP contribution in [0.4, 0.5) is 15.9 Å². The molecule has 1 saturated carbocycles.